The number of hydrogen-bond acceptors (Lipinski definition) is 3. The summed E-state index contributed by atoms with van der Waals surface area (Å²) in [6.07, 6.45) is 3.49. The Morgan fingerprint density at radius 3 is 2.74 bits per heavy atom. The fourth-order valence-electron chi connectivity index (χ4n) is 2.93. The van der Waals surface area contributed by atoms with E-state index in [0.29, 0.717) is 18.9 Å². The molecule has 6 heteroatoms. The lowest BCUT2D eigenvalue weighted by Crippen LogP contribution is -2.52. The van der Waals surface area contributed by atoms with Crippen LogP contribution in [-0.2, 0) is 9.59 Å². The molecule has 2 saturated heterocycles. The summed E-state index contributed by atoms with van der Waals surface area (Å²) in [6, 6.07) is 0.152. The van der Waals surface area contributed by atoms with Crippen molar-refractivity contribution in [3.05, 3.63) is 0 Å². The SMILES string of the molecule is CC1CCN(C(=O)CN2CCCC2=O)C(CN)C1.Cl. The zero-order valence-electron chi connectivity index (χ0n) is 11.5. The summed E-state index contributed by atoms with van der Waals surface area (Å²) in [4.78, 5) is 27.3. The second-order valence-corrected chi connectivity index (χ2v) is 5.53. The van der Waals surface area contributed by atoms with Gasteiger partial charge in [0.2, 0.25) is 11.8 Å². The number of nitrogens with zero attached hydrogens (tertiary/aromatic N) is 2. The molecule has 2 aliphatic rings. The van der Waals surface area contributed by atoms with E-state index in [1.807, 2.05) is 4.90 Å². The standard InChI is InChI=1S/C13H23N3O2.ClH/c1-10-4-6-16(11(7-10)8-14)13(18)9-15-5-2-3-12(15)17;/h10-11H,2-9,14H2,1H3;1H. The van der Waals surface area contributed by atoms with Crippen LogP contribution in [0.3, 0.4) is 0 Å². The van der Waals surface area contributed by atoms with Gasteiger partial charge in [0, 0.05) is 32.1 Å². The summed E-state index contributed by atoms with van der Waals surface area (Å²) in [7, 11) is 0. The first-order valence-corrected chi connectivity index (χ1v) is 6.89. The van der Waals surface area contributed by atoms with Crippen LogP contribution < -0.4 is 5.73 Å². The molecular weight excluding hydrogens is 266 g/mol. The molecule has 0 aromatic rings. The second kappa shape index (κ2) is 7.10. The van der Waals surface area contributed by atoms with E-state index in [0.717, 1.165) is 32.4 Å². The lowest BCUT2D eigenvalue weighted by atomic mass is 9.92. The number of nitrogens with two attached hydrogens (primary N) is 1. The van der Waals surface area contributed by atoms with Crippen molar-refractivity contribution in [1.82, 2.24) is 9.80 Å². The van der Waals surface area contributed by atoms with Crippen molar-refractivity contribution in [2.45, 2.75) is 38.6 Å². The minimum atomic E-state index is 0. The molecule has 2 unspecified atom stereocenters. The van der Waals surface area contributed by atoms with Crippen molar-refractivity contribution < 1.29 is 9.59 Å². The predicted octanol–water partition coefficient (Wildman–Crippen LogP) is 0.616. The Bertz CT molecular complexity index is 338. The first kappa shape index (κ1) is 16.2. The van der Waals surface area contributed by atoms with Crippen LogP contribution >= 0.6 is 12.4 Å². The van der Waals surface area contributed by atoms with Crippen LogP contribution in [0.15, 0.2) is 0 Å². The van der Waals surface area contributed by atoms with E-state index in [1.54, 1.807) is 4.90 Å². The molecule has 2 heterocycles. The Labute approximate surface area is 120 Å². The van der Waals surface area contributed by atoms with Crippen molar-refractivity contribution >= 4 is 24.2 Å². The zero-order valence-corrected chi connectivity index (χ0v) is 12.3. The third kappa shape index (κ3) is 3.83. The molecule has 0 bridgehead atoms. The number of likely N-dealkylation sites (tertiary alicyclic amines) is 2. The van der Waals surface area contributed by atoms with Crippen LogP contribution in [0.2, 0.25) is 0 Å². The van der Waals surface area contributed by atoms with E-state index < -0.39 is 0 Å². The molecule has 2 fully saturated rings. The Hall–Kier alpha value is -0.810. The average Bonchev–Trinajstić information content (AvgIpc) is 2.74. The minimum Gasteiger partial charge on any atom is -0.337 e. The molecule has 2 rings (SSSR count). The van der Waals surface area contributed by atoms with Gasteiger partial charge in [-0.2, -0.15) is 0 Å². The number of rotatable bonds is 3. The van der Waals surface area contributed by atoms with Crippen molar-refractivity contribution in [3.8, 4) is 0 Å². The van der Waals surface area contributed by atoms with Crippen molar-refractivity contribution in [1.29, 1.82) is 0 Å². The number of carbonyl (C=O) groups is 2. The van der Waals surface area contributed by atoms with Crippen LogP contribution in [0.25, 0.3) is 0 Å². The largest absolute Gasteiger partial charge is 0.337 e. The summed E-state index contributed by atoms with van der Waals surface area (Å²) in [6.45, 7) is 4.47. The first-order chi connectivity index (χ1) is 8.61. The topological polar surface area (TPSA) is 66.6 Å². The maximum atomic E-state index is 12.3. The van der Waals surface area contributed by atoms with Gasteiger partial charge in [0.15, 0.2) is 0 Å². The van der Waals surface area contributed by atoms with Crippen molar-refractivity contribution in [2.24, 2.45) is 11.7 Å². The molecule has 2 N–H and O–H groups in total. The maximum absolute atomic E-state index is 12.3. The Balaban J connectivity index is 0.00000180. The van der Waals surface area contributed by atoms with Crippen LogP contribution in [0, 0.1) is 5.92 Å². The predicted molar refractivity (Wildman–Crippen MR) is 76.0 cm³/mol. The van der Waals surface area contributed by atoms with Crippen LogP contribution in [0.5, 0.6) is 0 Å². The molecule has 0 aliphatic carbocycles. The van der Waals surface area contributed by atoms with E-state index >= 15 is 0 Å². The number of halogens is 1. The third-order valence-corrected chi connectivity index (χ3v) is 4.07. The lowest BCUT2D eigenvalue weighted by Gasteiger charge is -2.38. The van der Waals surface area contributed by atoms with E-state index in [4.69, 9.17) is 5.73 Å². The molecule has 5 nitrogen and oxygen atoms in total. The van der Waals surface area contributed by atoms with Gasteiger partial charge in [-0.05, 0) is 25.2 Å². The van der Waals surface area contributed by atoms with Gasteiger partial charge in [0.1, 0.15) is 0 Å². The van der Waals surface area contributed by atoms with Gasteiger partial charge in [0.05, 0.1) is 6.54 Å². The minimum absolute atomic E-state index is 0. The summed E-state index contributed by atoms with van der Waals surface area (Å²) in [5, 5.41) is 0. The van der Waals surface area contributed by atoms with Gasteiger partial charge in [0.25, 0.3) is 0 Å². The molecule has 0 aromatic heterocycles. The van der Waals surface area contributed by atoms with Crippen molar-refractivity contribution in [2.75, 3.05) is 26.2 Å². The smallest absolute Gasteiger partial charge is 0.242 e. The lowest BCUT2D eigenvalue weighted by molar-refractivity contribution is -0.141. The molecule has 2 amide bonds. The van der Waals surface area contributed by atoms with Gasteiger partial charge < -0.3 is 15.5 Å². The normalized spacial score (nSPS) is 27.4. The Morgan fingerprint density at radius 1 is 1.42 bits per heavy atom. The molecule has 2 aliphatic heterocycles. The van der Waals surface area contributed by atoms with E-state index in [2.05, 4.69) is 6.92 Å². The summed E-state index contributed by atoms with van der Waals surface area (Å²) in [5.74, 6) is 0.807. The van der Waals surface area contributed by atoms with Crippen LogP contribution in [0.1, 0.15) is 32.6 Å². The highest BCUT2D eigenvalue weighted by atomic mass is 35.5. The number of amides is 2. The summed E-state index contributed by atoms with van der Waals surface area (Å²) in [5.41, 5.74) is 5.75. The number of piperidine rings is 1. The summed E-state index contributed by atoms with van der Waals surface area (Å²) < 4.78 is 0. The van der Waals surface area contributed by atoms with Crippen LogP contribution in [0.4, 0.5) is 0 Å². The van der Waals surface area contributed by atoms with Gasteiger partial charge in [-0.1, -0.05) is 6.92 Å². The third-order valence-electron chi connectivity index (χ3n) is 4.07. The molecule has 2 atom stereocenters. The highest BCUT2D eigenvalue weighted by Crippen LogP contribution is 2.22. The highest BCUT2D eigenvalue weighted by molar-refractivity contribution is 5.86. The van der Waals surface area contributed by atoms with E-state index in [-0.39, 0.29) is 36.8 Å². The molecule has 0 spiro atoms. The molecular formula is C13H24ClN3O2. The van der Waals surface area contributed by atoms with Gasteiger partial charge in [-0.3, -0.25) is 9.59 Å². The van der Waals surface area contributed by atoms with Gasteiger partial charge >= 0.3 is 0 Å². The fourth-order valence-corrected chi connectivity index (χ4v) is 2.93. The number of hydrogen-bond donors (Lipinski definition) is 1. The van der Waals surface area contributed by atoms with Crippen LogP contribution in [-0.4, -0.2) is 53.8 Å². The van der Waals surface area contributed by atoms with E-state index in [9.17, 15) is 9.59 Å². The average molecular weight is 290 g/mol. The second-order valence-electron chi connectivity index (χ2n) is 5.53. The van der Waals surface area contributed by atoms with Crippen molar-refractivity contribution in [3.63, 3.8) is 0 Å². The molecule has 0 saturated carbocycles. The zero-order chi connectivity index (χ0) is 13.1. The van der Waals surface area contributed by atoms with E-state index in [1.165, 1.54) is 0 Å². The maximum Gasteiger partial charge on any atom is 0.242 e. The monoisotopic (exact) mass is 289 g/mol. The molecule has 0 radical (unpaired) electrons. The molecule has 0 aromatic carbocycles. The Morgan fingerprint density at radius 2 is 2.16 bits per heavy atom. The molecule has 110 valence electrons. The molecule has 19 heavy (non-hydrogen) atoms. The number of carbonyl (C=O) groups excluding carboxylic acids is 2. The highest BCUT2D eigenvalue weighted by Gasteiger charge is 2.31. The quantitative estimate of drug-likeness (QED) is 0.828. The Kier molecular flexibility index (Phi) is 6.07. The van der Waals surface area contributed by atoms with Gasteiger partial charge in [-0.15, -0.1) is 12.4 Å². The first-order valence-electron chi connectivity index (χ1n) is 6.89. The van der Waals surface area contributed by atoms with Gasteiger partial charge in [-0.25, -0.2) is 0 Å². The summed E-state index contributed by atoms with van der Waals surface area (Å²) >= 11 is 0. The fraction of sp³-hybridized carbons (Fsp3) is 0.846.